The molecular formula is C20H28N4O4. The molecule has 4 rings (SSSR count). The summed E-state index contributed by atoms with van der Waals surface area (Å²) in [5.74, 6) is -0.0133. The molecule has 1 aromatic rings. The molecule has 2 atom stereocenters. The van der Waals surface area contributed by atoms with E-state index in [1.807, 2.05) is 11.8 Å². The fourth-order valence-electron chi connectivity index (χ4n) is 4.70. The van der Waals surface area contributed by atoms with Gasteiger partial charge in [-0.15, -0.1) is 0 Å². The Kier molecular flexibility index (Phi) is 5.01. The highest BCUT2D eigenvalue weighted by Gasteiger charge is 2.54. The van der Waals surface area contributed by atoms with Crippen LogP contribution in [-0.2, 0) is 9.53 Å². The Hall–Kier alpha value is -2.19. The maximum Gasteiger partial charge on any atom is 0.254 e. The van der Waals surface area contributed by atoms with Crippen LogP contribution in [0, 0.1) is 5.92 Å². The summed E-state index contributed by atoms with van der Waals surface area (Å²) in [5.41, 5.74) is -1.10. The minimum Gasteiger partial charge on any atom is -0.388 e. The van der Waals surface area contributed by atoms with Crippen molar-refractivity contribution in [3.05, 3.63) is 30.1 Å². The second-order valence-corrected chi connectivity index (χ2v) is 8.39. The molecule has 0 saturated carbocycles. The molecule has 0 bridgehead atoms. The Morgan fingerprint density at radius 1 is 1.29 bits per heavy atom. The molecule has 0 unspecified atom stereocenters. The molecule has 0 aromatic carbocycles. The molecule has 1 aliphatic carbocycles. The summed E-state index contributed by atoms with van der Waals surface area (Å²) < 4.78 is 6.07. The van der Waals surface area contributed by atoms with Crippen LogP contribution in [0.3, 0.4) is 0 Å². The van der Waals surface area contributed by atoms with Crippen molar-refractivity contribution in [2.45, 2.75) is 56.3 Å². The van der Waals surface area contributed by atoms with Crippen molar-refractivity contribution in [2.75, 3.05) is 19.7 Å². The predicted octanol–water partition coefficient (Wildman–Crippen LogP) is 1.01. The average Bonchev–Trinajstić information content (AvgIpc) is 3.40. The molecule has 3 heterocycles. The lowest BCUT2D eigenvalue weighted by Gasteiger charge is -2.53. The molecule has 2 fully saturated rings. The van der Waals surface area contributed by atoms with Crippen molar-refractivity contribution < 1.29 is 19.4 Å². The van der Waals surface area contributed by atoms with Gasteiger partial charge >= 0.3 is 0 Å². The number of nitrogens with one attached hydrogen (secondary N) is 2. The number of allylic oxidation sites excluding steroid dienone is 2. The SMILES string of the molecule is C[C@@]1(NC(=O)c2cn[nH]c2)CCOC2(CCN(C(=O)C3CC=CC3)CC2)[C@H]1O. The first-order chi connectivity index (χ1) is 13.4. The third-order valence-corrected chi connectivity index (χ3v) is 6.55. The van der Waals surface area contributed by atoms with E-state index in [-0.39, 0.29) is 17.7 Å². The van der Waals surface area contributed by atoms with E-state index in [1.165, 1.54) is 12.4 Å². The Labute approximate surface area is 164 Å². The number of H-pyrrole nitrogens is 1. The molecule has 2 aliphatic heterocycles. The summed E-state index contributed by atoms with van der Waals surface area (Å²) in [6.45, 7) is 3.46. The van der Waals surface area contributed by atoms with E-state index < -0.39 is 17.2 Å². The van der Waals surface area contributed by atoms with Crippen LogP contribution in [0.1, 0.15) is 49.4 Å². The van der Waals surface area contributed by atoms with E-state index >= 15 is 0 Å². The first kappa shape index (κ1) is 19.1. The monoisotopic (exact) mass is 388 g/mol. The lowest BCUT2D eigenvalue weighted by molar-refractivity contribution is -0.206. The van der Waals surface area contributed by atoms with Gasteiger partial charge < -0.3 is 20.1 Å². The largest absolute Gasteiger partial charge is 0.388 e. The average molecular weight is 388 g/mol. The highest BCUT2D eigenvalue weighted by molar-refractivity contribution is 5.94. The van der Waals surface area contributed by atoms with E-state index in [0.717, 1.165) is 12.8 Å². The number of nitrogens with zero attached hydrogens (tertiary/aromatic N) is 2. The van der Waals surface area contributed by atoms with Crippen LogP contribution in [0.5, 0.6) is 0 Å². The first-order valence-corrected chi connectivity index (χ1v) is 10.0. The van der Waals surface area contributed by atoms with Gasteiger partial charge in [-0.3, -0.25) is 14.7 Å². The predicted molar refractivity (Wildman–Crippen MR) is 101 cm³/mol. The van der Waals surface area contributed by atoms with E-state index in [2.05, 4.69) is 27.7 Å². The molecule has 8 nitrogen and oxygen atoms in total. The Bertz CT molecular complexity index is 746. The van der Waals surface area contributed by atoms with Gasteiger partial charge in [0.15, 0.2) is 0 Å². The molecular weight excluding hydrogens is 360 g/mol. The molecule has 2 amide bonds. The minimum atomic E-state index is -0.852. The van der Waals surface area contributed by atoms with Crippen LogP contribution in [-0.4, -0.2) is 69.0 Å². The fraction of sp³-hybridized carbons (Fsp3) is 0.650. The van der Waals surface area contributed by atoms with Gasteiger partial charge in [0.05, 0.1) is 22.9 Å². The van der Waals surface area contributed by atoms with Gasteiger partial charge in [-0.1, -0.05) is 12.2 Å². The maximum absolute atomic E-state index is 12.7. The van der Waals surface area contributed by atoms with Gasteiger partial charge in [-0.05, 0) is 39.0 Å². The summed E-state index contributed by atoms with van der Waals surface area (Å²) >= 11 is 0. The number of amides is 2. The number of aliphatic hydroxyl groups excluding tert-OH is 1. The number of ether oxygens (including phenoxy) is 1. The number of carbonyl (C=O) groups is 2. The van der Waals surface area contributed by atoms with Crippen molar-refractivity contribution in [1.29, 1.82) is 0 Å². The van der Waals surface area contributed by atoms with E-state index in [1.54, 1.807) is 0 Å². The first-order valence-electron chi connectivity index (χ1n) is 10.0. The standard InChI is InChI=1S/C20H28N4O4/c1-19(23-16(25)15-12-21-22-13-15)8-11-28-20(18(19)27)6-9-24(10-7-20)17(26)14-4-2-3-5-14/h2-3,12-14,18,27H,4-11H2,1H3,(H,21,22)(H,23,25)/t18-,19+/m0/s1. The maximum atomic E-state index is 12.7. The van der Waals surface area contributed by atoms with Crippen LogP contribution in [0.4, 0.5) is 0 Å². The molecule has 3 aliphatic rings. The molecule has 152 valence electrons. The van der Waals surface area contributed by atoms with Crippen molar-refractivity contribution in [3.63, 3.8) is 0 Å². The number of likely N-dealkylation sites (tertiary alicyclic amines) is 1. The minimum absolute atomic E-state index is 0.0609. The highest BCUT2D eigenvalue weighted by atomic mass is 16.5. The molecule has 1 aromatic heterocycles. The second kappa shape index (κ2) is 7.33. The van der Waals surface area contributed by atoms with Crippen molar-refractivity contribution >= 4 is 11.8 Å². The van der Waals surface area contributed by atoms with E-state index in [4.69, 9.17) is 4.74 Å². The third kappa shape index (κ3) is 3.35. The summed E-state index contributed by atoms with van der Waals surface area (Å²) in [5, 5.41) is 20.6. The Balaban J connectivity index is 1.42. The second-order valence-electron chi connectivity index (χ2n) is 8.39. The lowest BCUT2D eigenvalue weighted by atomic mass is 9.73. The number of aromatic amines is 1. The Morgan fingerprint density at radius 2 is 2.00 bits per heavy atom. The number of aliphatic hydroxyl groups is 1. The zero-order valence-corrected chi connectivity index (χ0v) is 16.2. The highest BCUT2D eigenvalue weighted by Crippen LogP contribution is 2.40. The zero-order chi connectivity index (χ0) is 19.8. The quantitative estimate of drug-likeness (QED) is 0.670. The number of aromatic nitrogens is 2. The van der Waals surface area contributed by atoms with Crippen LogP contribution >= 0.6 is 0 Å². The normalized spacial score (nSPS) is 29.9. The molecule has 3 N–H and O–H groups in total. The summed E-state index contributed by atoms with van der Waals surface area (Å²) in [7, 11) is 0. The number of carbonyl (C=O) groups excluding carboxylic acids is 2. The van der Waals surface area contributed by atoms with Gasteiger partial charge in [-0.25, -0.2) is 0 Å². The molecule has 0 radical (unpaired) electrons. The van der Waals surface area contributed by atoms with Gasteiger partial charge in [0.2, 0.25) is 5.91 Å². The van der Waals surface area contributed by atoms with Crippen LogP contribution in [0.25, 0.3) is 0 Å². The van der Waals surface area contributed by atoms with Crippen molar-refractivity contribution in [2.24, 2.45) is 5.92 Å². The number of rotatable bonds is 3. The van der Waals surface area contributed by atoms with Gasteiger partial charge in [-0.2, -0.15) is 5.10 Å². The number of hydrogen-bond acceptors (Lipinski definition) is 5. The Morgan fingerprint density at radius 3 is 2.64 bits per heavy atom. The smallest absolute Gasteiger partial charge is 0.254 e. The van der Waals surface area contributed by atoms with Crippen LogP contribution in [0.15, 0.2) is 24.5 Å². The third-order valence-electron chi connectivity index (χ3n) is 6.55. The number of piperidine rings is 1. The molecule has 28 heavy (non-hydrogen) atoms. The number of hydrogen-bond donors (Lipinski definition) is 3. The fourth-order valence-corrected chi connectivity index (χ4v) is 4.70. The van der Waals surface area contributed by atoms with Crippen molar-refractivity contribution in [1.82, 2.24) is 20.4 Å². The van der Waals surface area contributed by atoms with Crippen LogP contribution in [0.2, 0.25) is 0 Å². The summed E-state index contributed by atoms with van der Waals surface area (Å²) in [6, 6.07) is 0. The molecule has 2 saturated heterocycles. The summed E-state index contributed by atoms with van der Waals surface area (Å²) in [6.07, 6.45) is 9.56. The van der Waals surface area contributed by atoms with Gasteiger partial charge in [0, 0.05) is 31.8 Å². The summed E-state index contributed by atoms with van der Waals surface area (Å²) in [4.78, 5) is 27.1. The zero-order valence-electron chi connectivity index (χ0n) is 16.2. The molecule has 1 spiro atoms. The molecule has 8 heteroatoms. The topological polar surface area (TPSA) is 108 Å². The van der Waals surface area contributed by atoms with Crippen LogP contribution < -0.4 is 5.32 Å². The van der Waals surface area contributed by atoms with E-state index in [9.17, 15) is 14.7 Å². The van der Waals surface area contributed by atoms with Crippen molar-refractivity contribution in [3.8, 4) is 0 Å². The van der Waals surface area contributed by atoms with Gasteiger partial charge in [0.1, 0.15) is 6.10 Å². The lowest BCUT2D eigenvalue weighted by Crippen LogP contribution is -2.69. The van der Waals surface area contributed by atoms with E-state index in [0.29, 0.717) is 44.5 Å². The van der Waals surface area contributed by atoms with Gasteiger partial charge in [0.25, 0.3) is 5.91 Å².